The molecular formula is C13H17BrF2N2O2S. The van der Waals surface area contributed by atoms with E-state index < -0.39 is 26.6 Å². The van der Waals surface area contributed by atoms with Crippen molar-refractivity contribution in [1.29, 1.82) is 0 Å². The van der Waals surface area contributed by atoms with Gasteiger partial charge in [-0.3, -0.25) is 0 Å². The molecule has 118 valence electrons. The van der Waals surface area contributed by atoms with Crippen molar-refractivity contribution in [3.8, 4) is 0 Å². The molecule has 1 aromatic rings. The van der Waals surface area contributed by atoms with Crippen LogP contribution >= 0.6 is 15.9 Å². The van der Waals surface area contributed by atoms with Gasteiger partial charge in [-0.25, -0.2) is 17.2 Å². The van der Waals surface area contributed by atoms with Gasteiger partial charge in [-0.15, -0.1) is 0 Å². The van der Waals surface area contributed by atoms with E-state index >= 15 is 0 Å². The zero-order chi connectivity index (χ0) is 15.8. The second-order valence-corrected chi connectivity index (χ2v) is 8.08. The lowest BCUT2D eigenvalue weighted by atomic mass is 9.92. The minimum atomic E-state index is -4.03. The number of rotatable bonds is 3. The summed E-state index contributed by atoms with van der Waals surface area (Å²) in [5.74, 6) is -1.93. The van der Waals surface area contributed by atoms with Crippen LogP contribution in [-0.4, -0.2) is 31.9 Å². The predicted octanol–water partition coefficient (Wildman–Crippen LogP) is 2.62. The first-order valence-corrected chi connectivity index (χ1v) is 8.85. The van der Waals surface area contributed by atoms with Crippen molar-refractivity contribution in [2.45, 2.75) is 42.7 Å². The van der Waals surface area contributed by atoms with Gasteiger partial charge in [0.2, 0.25) is 10.0 Å². The lowest BCUT2D eigenvalue weighted by molar-refractivity contribution is 0.268. The Morgan fingerprint density at radius 2 is 1.81 bits per heavy atom. The van der Waals surface area contributed by atoms with E-state index in [2.05, 4.69) is 15.9 Å². The molecule has 4 nitrogen and oxygen atoms in total. The summed E-state index contributed by atoms with van der Waals surface area (Å²) in [6.45, 7) is 0. The minimum Gasteiger partial charge on any atom is -0.328 e. The first-order valence-electron chi connectivity index (χ1n) is 6.61. The van der Waals surface area contributed by atoms with Crippen molar-refractivity contribution in [3.63, 3.8) is 0 Å². The third-order valence-electron chi connectivity index (χ3n) is 3.86. The van der Waals surface area contributed by atoms with E-state index in [1.165, 1.54) is 11.4 Å². The van der Waals surface area contributed by atoms with Crippen LogP contribution in [0.25, 0.3) is 0 Å². The van der Waals surface area contributed by atoms with E-state index in [0.717, 1.165) is 18.9 Å². The van der Waals surface area contributed by atoms with Crippen molar-refractivity contribution < 1.29 is 17.2 Å². The van der Waals surface area contributed by atoms with Crippen LogP contribution in [0, 0.1) is 11.6 Å². The van der Waals surface area contributed by atoms with E-state index in [1.54, 1.807) is 0 Å². The molecule has 1 fully saturated rings. The number of sulfonamides is 1. The van der Waals surface area contributed by atoms with Crippen LogP contribution in [-0.2, 0) is 10.0 Å². The number of nitrogens with two attached hydrogens (primary N) is 1. The average molecular weight is 383 g/mol. The van der Waals surface area contributed by atoms with E-state index in [0.29, 0.717) is 18.9 Å². The molecule has 8 heteroatoms. The van der Waals surface area contributed by atoms with Crippen LogP contribution in [0.4, 0.5) is 8.78 Å². The number of nitrogens with zero attached hydrogens (tertiary/aromatic N) is 1. The Morgan fingerprint density at radius 1 is 1.24 bits per heavy atom. The fourth-order valence-electron chi connectivity index (χ4n) is 2.58. The Balaban J connectivity index is 2.34. The number of halogens is 3. The van der Waals surface area contributed by atoms with Crippen LogP contribution < -0.4 is 5.73 Å². The van der Waals surface area contributed by atoms with Gasteiger partial charge in [0.05, 0.1) is 0 Å². The Labute approximate surface area is 131 Å². The molecule has 0 amide bonds. The first-order chi connectivity index (χ1) is 9.73. The van der Waals surface area contributed by atoms with Crippen molar-refractivity contribution in [2.75, 3.05) is 7.05 Å². The molecule has 0 atom stereocenters. The molecule has 0 saturated heterocycles. The van der Waals surface area contributed by atoms with Crippen LogP contribution in [0.2, 0.25) is 0 Å². The van der Waals surface area contributed by atoms with Crippen molar-refractivity contribution >= 4 is 26.0 Å². The van der Waals surface area contributed by atoms with E-state index in [9.17, 15) is 17.2 Å². The molecule has 0 unspecified atom stereocenters. The zero-order valence-corrected chi connectivity index (χ0v) is 13.9. The van der Waals surface area contributed by atoms with Gasteiger partial charge in [0.1, 0.15) is 16.5 Å². The van der Waals surface area contributed by atoms with Gasteiger partial charge in [-0.1, -0.05) is 0 Å². The molecule has 0 spiro atoms. The Hall–Kier alpha value is -0.570. The van der Waals surface area contributed by atoms with Crippen molar-refractivity contribution in [2.24, 2.45) is 5.73 Å². The van der Waals surface area contributed by atoms with Crippen molar-refractivity contribution in [1.82, 2.24) is 4.31 Å². The smallest absolute Gasteiger partial charge is 0.247 e. The molecule has 2 N–H and O–H groups in total. The number of hydrogen-bond donors (Lipinski definition) is 1. The Morgan fingerprint density at radius 3 is 2.33 bits per heavy atom. The monoisotopic (exact) mass is 382 g/mol. The van der Waals surface area contributed by atoms with Gasteiger partial charge in [0.25, 0.3) is 0 Å². The molecule has 1 aliphatic carbocycles. The molecule has 2 rings (SSSR count). The van der Waals surface area contributed by atoms with E-state index in [-0.39, 0.29) is 16.6 Å². The van der Waals surface area contributed by atoms with Gasteiger partial charge in [0.15, 0.2) is 0 Å². The zero-order valence-electron chi connectivity index (χ0n) is 11.5. The van der Waals surface area contributed by atoms with Gasteiger partial charge >= 0.3 is 0 Å². The van der Waals surface area contributed by atoms with Crippen LogP contribution in [0.1, 0.15) is 25.7 Å². The van der Waals surface area contributed by atoms with E-state index in [1.807, 2.05) is 0 Å². The predicted molar refractivity (Wildman–Crippen MR) is 79.2 cm³/mol. The minimum absolute atomic E-state index is 0.0895. The molecule has 1 aromatic carbocycles. The van der Waals surface area contributed by atoms with Crippen molar-refractivity contribution in [3.05, 3.63) is 28.2 Å². The van der Waals surface area contributed by atoms with Gasteiger partial charge in [-0.05, 0) is 47.7 Å². The first kappa shape index (κ1) is 16.8. The second-order valence-electron chi connectivity index (χ2n) is 5.29. The Kier molecular flexibility index (Phi) is 5.02. The molecule has 0 aromatic heterocycles. The van der Waals surface area contributed by atoms with Gasteiger partial charge in [-0.2, -0.15) is 4.31 Å². The summed E-state index contributed by atoms with van der Waals surface area (Å²) in [7, 11) is -2.61. The molecule has 0 heterocycles. The molecule has 0 aliphatic heterocycles. The van der Waals surface area contributed by atoms with Crippen LogP contribution in [0.3, 0.4) is 0 Å². The summed E-state index contributed by atoms with van der Waals surface area (Å²) in [4.78, 5) is -0.527. The van der Waals surface area contributed by atoms with Crippen LogP contribution in [0.5, 0.6) is 0 Å². The highest BCUT2D eigenvalue weighted by Gasteiger charge is 2.34. The number of benzene rings is 1. The fraction of sp³-hybridized carbons (Fsp3) is 0.538. The highest BCUT2D eigenvalue weighted by Crippen LogP contribution is 2.32. The fourth-order valence-corrected chi connectivity index (χ4v) is 5.10. The largest absolute Gasteiger partial charge is 0.328 e. The Bertz CT molecular complexity index is 608. The third kappa shape index (κ3) is 3.44. The molecule has 1 saturated carbocycles. The topological polar surface area (TPSA) is 63.4 Å². The highest BCUT2D eigenvalue weighted by atomic mass is 79.9. The summed E-state index contributed by atoms with van der Waals surface area (Å²) < 4.78 is 53.2. The molecule has 0 radical (unpaired) electrons. The summed E-state index contributed by atoms with van der Waals surface area (Å²) in [6.07, 6.45) is 2.74. The van der Waals surface area contributed by atoms with Gasteiger partial charge < -0.3 is 5.73 Å². The lowest BCUT2D eigenvalue weighted by Crippen LogP contribution is -2.42. The highest BCUT2D eigenvalue weighted by molar-refractivity contribution is 9.10. The molecule has 21 heavy (non-hydrogen) atoms. The molecule has 0 bridgehead atoms. The quantitative estimate of drug-likeness (QED) is 0.873. The molecular weight excluding hydrogens is 366 g/mol. The van der Waals surface area contributed by atoms with Crippen LogP contribution in [0.15, 0.2) is 21.5 Å². The standard InChI is InChI=1S/C13H17BrF2N2O2S/c1-18(10-4-2-9(17)3-5-10)21(19,20)13-11(14)6-8(15)7-12(13)16/h6-7,9-10H,2-5,17H2,1H3. The maximum absolute atomic E-state index is 13.9. The second kappa shape index (κ2) is 6.28. The summed E-state index contributed by atoms with van der Waals surface area (Å²) >= 11 is 2.93. The number of hydrogen-bond acceptors (Lipinski definition) is 3. The van der Waals surface area contributed by atoms with Gasteiger partial charge in [0, 0.05) is 29.7 Å². The van der Waals surface area contributed by atoms with E-state index in [4.69, 9.17) is 5.73 Å². The summed E-state index contributed by atoms with van der Waals surface area (Å²) in [5.41, 5.74) is 5.81. The summed E-state index contributed by atoms with van der Waals surface area (Å²) in [6, 6.07) is 1.39. The normalized spacial score (nSPS) is 23.5. The molecule has 1 aliphatic rings. The average Bonchev–Trinajstić information content (AvgIpc) is 2.37. The summed E-state index contributed by atoms with van der Waals surface area (Å²) in [5, 5.41) is 0. The maximum atomic E-state index is 13.9. The third-order valence-corrected chi connectivity index (χ3v) is 6.73. The SMILES string of the molecule is CN(C1CCC(N)CC1)S(=O)(=O)c1c(F)cc(F)cc1Br. The lowest BCUT2D eigenvalue weighted by Gasteiger charge is -2.33. The maximum Gasteiger partial charge on any atom is 0.247 e.